The van der Waals surface area contributed by atoms with E-state index in [0.29, 0.717) is 35.7 Å². The summed E-state index contributed by atoms with van der Waals surface area (Å²) in [6.45, 7) is 1.23. The van der Waals surface area contributed by atoms with E-state index >= 15 is 0 Å². The molecule has 1 amide bonds. The van der Waals surface area contributed by atoms with Crippen molar-refractivity contribution in [2.24, 2.45) is 5.92 Å². The SMILES string of the molecule is C[N+](C(=O)CCC1CCCC1)(C1CCN(c2ncncc2F)CC1)C1CCc2ccc(OC(=O)O)cc21. The first-order valence-corrected chi connectivity index (χ1v) is 13.5. The molecule has 2 fully saturated rings. The summed E-state index contributed by atoms with van der Waals surface area (Å²) < 4.78 is 19.6. The van der Waals surface area contributed by atoms with Gasteiger partial charge in [0.2, 0.25) is 0 Å². The monoisotopic (exact) mass is 511 g/mol. The number of nitrogens with zero attached hydrogens (tertiary/aromatic N) is 4. The summed E-state index contributed by atoms with van der Waals surface area (Å²) in [5, 5.41) is 9.12. The van der Waals surface area contributed by atoms with Crippen LogP contribution in [0.1, 0.15) is 75.0 Å². The lowest BCUT2D eigenvalue weighted by molar-refractivity contribution is -0.892. The molecule has 1 aliphatic heterocycles. The Balaban J connectivity index is 1.41. The third kappa shape index (κ3) is 5.19. The van der Waals surface area contributed by atoms with Crippen LogP contribution in [-0.2, 0) is 11.2 Å². The van der Waals surface area contributed by atoms with Crippen LogP contribution in [0.25, 0.3) is 0 Å². The van der Waals surface area contributed by atoms with E-state index in [4.69, 9.17) is 9.84 Å². The predicted molar refractivity (Wildman–Crippen MR) is 136 cm³/mol. The molecule has 0 bridgehead atoms. The van der Waals surface area contributed by atoms with E-state index in [1.807, 2.05) is 17.0 Å². The molecule has 198 valence electrons. The summed E-state index contributed by atoms with van der Waals surface area (Å²) in [4.78, 5) is 35.2. The quantitative estimate of drug-likeness (QED) is 0.307. The number of hydrogen-bond donors (Lipinski definition) is 1. The number of benzene rings is 1. The van der Waals surface area contributed by atoms with E-state index in [-0.39, 0.29) is 23.7 Å². The number of anilines is 1. The number of aromatic nitrogens is 2. The van der Waals surface area contributed by atoms with Crippen LogP contribution in [0.3, 0.4) is 0 Å². The molecule has 2 aliphatic carbocycles. The van der Waals surface area contributed by atoms with Gasteiger partial charge >= 0.3 is 12.1 Å². The Labute approximate surface area is 217 Å². The zero-order chi connectivity index (χ0) is 26.0. The second-order valence-electron chi connectivity index (χ2n) is 10.9. The molecule has 3 aliphatic rings. The van der Waals surface area contributed by atoms with Gasteiger partial charge < -0.3 is 14.7 Å². The minimum absolute atomic E-state index is 0.0595. The number of carboxylic acid groups (broad SMARTS) is 1. The van der Waals surface area contributed by atoms with Gasteiger partial charge in [0.05, 0.1) is 25.7 Å². The molecule has 0 spiro atoms. The van der Waals surface area contributed by atoms with Crippen LogP contribution in [0.4, 0.5) is 15.0 Å². The lowest BCUT2D eigenvalue weighted by Gasteiger charge is -2.47. The second kappa shape index (κ2) is 10.7. The van der Waals surface area contributed by atoms with Crippen molar-refractivity contribution in [1.29, 1.82) is 0 Å². The molecule has 0 radical (unpaired) electrons. The van der Waals surface area contributed by atoms with Crippen molar-refractivity contribution in [3.05, 3.63) is 47.7 Å². The number of rotatable bonds is 7. The first kappa shape index (κ1) is 25.6. The van der Waals surface area contributed by atoms with Crippen LogP contribution >= 0.6 is 0 Å². The van der Waals surface area contributed by atoms with Crippen LogP contribution < -0.4 is 9.64 Å². The molecule has 2 heterocycles. The molecule has 1 saturated carbocycles. The molecule has 8 nitrogen and oxygen atoms in total. The van der Waals surface area contributed by atoms with E-state index in [2.05, 4.69) is 17.0 Å². The molecular formula is C28H36FN4O4+. The number of amides is 1. The second-order valence-corrected chi connectivity index (χ2v) is 10.9. The van der Waals surface area contributed by atoms with E-state index in [0.717, 1.165) is 43.2 Å². The van der Waals surface area contributed by atoms with Gasteiger partial charge in [-0.25, -0.2) is 23.9 Å². The van der Waals surface area contributed by atoms with Gasteiger partial charge in [-0.15, -0.1) is 0 Å². The van der Waals surface area contributed by atoms with Crippen molar-refractivity contribution in [1.82, 2.24) is 9.97 Å². The highest BCUT2D eigenvalue weighted by atomic mass is 19.1. The number of fused-ring (bicyclic) bond motifs is 1. The predicted octanol–water partition coefficient (Wildman–Crippen LogP) is 5.27. The van der Waals surface area contributed by atoms with E-state index in [1.54, 1.807) is 6.07 Å². The number of piperidine rings is 1. The van der Waals surface area contributed by atoms with Crippen molar-refractivity contribution >= 4 is 17.9 Å². The maximum atomic E-state index is 14.3. The maximum absolute atomic E-state index is 14.3. The molecule has 1 N–H and O–H groups in total. The highest BCUT2D eigenvalue weighted by Crippen LogP contribution is 2.45. The van der Waals surface area contributed by atoms with Crippen molar-refractivity contribution in [3.8, 4) is 5.75 Å². The third-order valence-electron chi connectivity index (χ3n) is 8.97. The molecule has 2 aromatic rings. The van der Waals surface area contributed by atoms with Gasteiger partial charge in [-0.05, 0) is 36.5 Å². The lowest BCUT2D eigenvalue weighted by Crippen LogP contribution is -2.60. The highest BCUT2D eigenvalue weighted by Gasteiger charge is 2.50. The maximum Gasteiger partial charge on any atom is 0.511 e. The van der Waals surface area contributed by atoms with Crippen LogP contribution in [0.2, 0.25) is 0 Å². The van der Waals surface area contributed by atoms with E-state index in [1.165, 1.54) is 38.2 Å². The summed E-state index contributed by atoms with van der Waals surface area (Å²) >= 11 is 0. The molecular weight excluding hydrogens is 475 g/mol. The van der Waals surface area contributed by atoms with Gasteiger partial charge in [-0.2, -0.15) is 0 Å². The minimum Gasteiger partial charge on any atom is -0.449 e. The van der Waals surface area contributed by atoms with Crippen molar-refractivity contribution in [2.75, 3.05) is 25.0 Å². The summed E-state index contributed by atoms with van der Waals surface area (Å²) in [5.41, 5.74) is 2.16. The fourth-order valence-corrected chi connectivity index (χ4v) is 6.93. The molecule has 1 aromatic carbocycles. The number of halogens is 1. The number of quaternary nitrogens is 1. The number of carbonyl (C=O) groups is 2. The molecule has 37 heavy (non-hydrogen) atoms. The number of ether oxygens (including phenoxy) is 1. The molecule has 1 aromatic heterocycles. The Kier molecular flexibility index (Phi) is 7.42. The summed E-state index contributed by atoms with van der Waals surface area (Å²) in [7, 11) is 2.08. The summed E-state index contributed by atoms with van der Waals surface area (Å²) in [6, 6.07) is 5.46. The Morgan fingerprint density at radius 2 is 1.92 bits per heavy atom. The fraction of sp³-hybridized carbons (Fsp3) is 0.571. The molecule has 5 rings (SSSR count). The Bertz CT molecular complexity index is 1150. The highest BCUT2D eigenvalue weighted by molar-refractivity contribution is 5.70. The molecule has 2 atom stereocenters. The van der Waals surface area contributed by atoms with Gasteiger partial charge in [-0.1, -0.05) is 31.7 Å². The number of aryl methyl sites for hydroxylation is 1. The molecule has 1 saturated heterocycles. The van der Waals surface area contributed by atoms with Gasteiger partial charge in [0.25, 0.3) is 0 Å². The Hall–Kier alpha value is -3.07. The van der Waals surface area contributed by atoms with Crippen molar-refractivity contribution in [2.45, 2.75) is 76.3 Å². The molecule has 9 heteroatoms. The average Bonchev–Trinajstić information content (AvgIpc) is 3.57. The average molecular weight is 512 g/mol. The number of carbonyl (C=O) groups excluding carboxylic acids is 1. The van der Waals surface area contributed by atoms with Crippen LogP contribution in [0.5, 0.6) is 5.75 Å². The van der Waals surface area contributed by atoms with Crippen LogP contribution in [0.15, 0.2) is 30.7 Å². The first-order chi connectivity index (χ1) is 17.9. The topological polar surface area (TPSA) is 92.6 Å². The zero-order valence-corrected chi connectivity index (χ0v) is 21.4. The van der Waals surface area contributed by atoms with Crippen molar-refractivity contribution < 1.29 is 28.3 Å². The third-order valence-corrected chi connectivity index (χ3v) is 8.97. The first-order valence-electron chi connectivity index (χ1n) is 13.5. The zero-order valence-electron chi connectivity index (χ0n) is 21.4. The molecule has 2 unspecified atom stereocenters. The fourth-order valence-electron chi connectivity index (χ4n) is 6.93. The normalized spacial score (nSPS) is 22.0. The van der Waals surface area contributed by atoms with E-state index in [9.17, 15) is 14.0 Å². The smallest absolute Gasteiger partial charge is 0.449 e. The Morgan fingerprint density at radius 3 is 2.62 bits per heavy atom. The Morgan fingerprint density at radius 1 is 1.16 bits per heavy atom. The van der Waals surface area contributed by atoms with Gasteiger partial charge in [-0.3, -0.25) is 4.48 Å². The standard InChI is InChI=1S/C28H35FN4O4/c1-33(26(34)11-6-19-4-2-3-5-19,21-12-14-32(15-13-21)27-24(29)17-30-18-31-27)25-10-8-20-7-9-22(16-23(20)25)37-28(35)36/h7,9,16-19,21,25H,2-6,8,10-15H2,1H3/p+1. The lowest BCUT2D eigenvalue weighted by atomic mass is 9.92. The van der Waals surface area contributed by atoms with Gasteiger partial charge in [0, 0.05) is 37.9 Å². The van der Waals surface area contributed by atoms with Gasteiger partial charge in [0.15, 0.2) is 11.6 Å². The summed E-state index contributed by atoms with van der Waals surface area (Å²) in [5.74, 6) is 1.06. The van der Waals surface area contributed by atoms with Crippen molar-refractivity contribution in [3.63, 3.8) is 0 Å². The number of hydrogen-bond acceptors (Lipinski definition) is 6. The minimum atomic E-state index is -1.34. The van der Waals surface area contributed by atoms with Gasteiger partial charge in [0.1, 0.15) is 18.1 Å². The van der Waals surface area contributed by atoms with Crippen LogP contribution in [-0.4, -0.2) is 57.8 Å². The summed E-state index contributed by atoms with van der Waals surface area (Å²) in [6.07, 6.45) is 10.8. The largest absolute Gasteiger partial charge is 0.511 e. The van der Waals surface area contributed by atoms with Crippen LogP contribution in [0, 0.1) is 11.7 Å². The van der Waals surface area contributed by atoms with E-state index < -0.39 is 12.0 Å².